The van der Waals surface area contributed by atoms with Crippen LogP contribution in [0.1, 0.15) is 0 Å². The molecular formula is C3H10O4Si2. The van der Waals surface area contributed by atoms with E-state index in [4.69, 9.17) is 9.15 Å². The largest absolute Gasteiger partial charge is 0.292 e. The molecule has 1 aliphatic heterocycles. The van der Waals surface area contributed by atoms with E-state index in [1.54, 1.807) is 0 Å². The fourth-order valence-electron chi connectivity index (χ4n) is 0.528. The first-order valence-corrected chi connectivity index (χ1v) is 6.14. The Morgan fingerprint density at radius 3 is 2.00 bits per heavy atom. The van der Waals surface area contributed by atoms with Gasteiger partial charge in [0.05, 0.1) is 0 Å². The Hall–Kier alpha value is 0.274. The maximum Gasteiger partial charge on any atom is 0.211 e. The first-order valence-electron chi connectivity index (χ1n) is 2.99. The lowest BCUT2D eigenvalue weighted by Crippen LogP contribution is -2.01. The number of rotatable bonds is 0. The van der Waals surface area contributed by atoms with E-state index in [0.29, 0.717) is 0 Å². The maximum atomic E-state index is 4.81. The van der Waals surface area contributed by atoms with Gasteiger partial charge < -0.3 is 0 Å². The minimum atomic E-state index is -0.418. The molecule has 0 bridgehead atoms. The van der Waals surface area contributed by atoms with Crippen LogP contribution in [0.3, 0.4) is 0 Å². The van der Waals surface area contributed by atoms with E-state index in [2.05, 4.69) is 9.78 Å². The van der Waals surface area contributed by atoms with Crippen molar-refractivity contribution in [2.75, 3.05) is 6.79 Å². The predicted octanol–water partition coefficient (Wildman–Crippen LogP) is -1.14. The van der Waals surface area contributed by atoms with Crippen molar-refractivity contribution in [3.63, 3.8) is 0 Å². The number of hydrogen-bond acceptors (Lipinski definition) is 4. The van der Waals surface area contributed by atoms with Gasteiger partial charge in [0.15, 0.2) is 0 Å². The summed E-state index contributed by atoms with van der Waals surface area (Å²) < 4.78 is 9.62. The summed E-state index contributed by atoms with van der Waals surface area (Å²) in [5.74, 6) is 0. The zero-order chi connectivity index (χ0) is 6.36. The Morgan fingerprint density at radius 1 is 0.889 bits per heavy atom. The van der Waals surface area contributed by atoms with Gasteiger partial charge in [0.25, 0.3) is 0 Å². The van der Waals surface area contributed by atoms with Gasteiger partial charge in [0.1, 0.15) is 0 Å². The van der Waals surface area contributed by atoms with Crippen molar-refractivity contribution < 1.29 is 18.9 Å². The van der Waals surface area contributed by atoms with Crippen LogP contribution in [0.25, 0.3) is 0 Å². The zero-order valence-electron chi connectivity index (χ0n) is 5.17. The van der Waals surface area contributed by atoms with Gasteiger partial charge in [-0.3, -0.25) is 9.15 Å². The maximum absolute atomic E-state index is 4.81. The molecule has 0 N–H and O–H groups in total. The van der Waals surface area contributed by atoms with Gasteiger partial charge in [-0.25, -0.2) is 9.78 Å². The van der Waals surface area contributed by atoms with Crippen molar-refractivity contribution in [3.8, 4) is 0 Å². The van der Waals surface area contributed by atoms with Crippen molar-refractivity contribution in [1.82, 2.24) is 0 Å². The van der Waals surface area contributed by atoms with Gasteiger partial charge in [0.2, 0.25) is 26.3 Å². The van der Waals surface area contributed by atoms with Crippen molar-refractivity contribution >= 4 is 19.5 Å². The van der Waals surface area contributed by atoms with Crippen molar-refractivity contribution in [2.24, 2.45) is 0 Å². The fourth-order valence-corrected chi connectivity index (χ4v) is 2.77. The van der Waals surface area contributed by atoms with Gasteiger partial charge in [-0.2, -0.15) is 0 Å². The SMILES string of the molecule is C1OO[SiH2]CC[SiH2]OO1. The van der Waals surface area contributed by atoms with Gasteiger partial charge in [-0.1, -0.05) is 0 Å². The summed E-state index contributed by atoms with van der Waals surface area (Å²) in [5.41, 5.74) is 0. The molecule has 4 nitrogen and oxygen atoms in total. The summed E-state index contributed by atoms with van der Waals surface area (Å²) in [6.45, 7) is 0.125. The van der Waals surface area contributed by atoms with Crippen LogP contribution in [0.4, 0.5) is 0 Å². The second-order valence-corrected chi connectivity index (χ2v) is 4.41. The molecule has 1 aliphatic rings. The molecule has 54 valence electrons. The predicted molar refractivity (Wildman–Crippen MR) is 35.9 cm³/mol. The molecule has 1 saturated heterocycles. The molecule has 0 aromatic carbocycles. The lowest BCUT2D eigenvalue weighted by Gasteiger charge is -1.99. The van der Waals surface area contributed by atoms with Crippen molar-refractivity contribution in [2.45, 2.75) is 12.1 Å². The van der Waals surface area contributed by atoms with E-state index in [1.807, 2.05) is 0 Å². The molecule has 1 rings (SSSR count). The highest BCUT2D eigenvalue weighted by Crippen LogP contribution is 1.94. The summed E-state index contributed by atoms with van der Waals surface area (Å²) >= 11 is 0. The molecule has 1 heterocycles. The molecular weight excluding hydrogens is 156 g/mol. The van der Waals surface area contributed by atoms with E-state index in [-0.39, 0.29) is 6.79 Å². The molecule has 0 saturated carbocycles. The second-order valence-electron chi connectivity index (χ2n) is 1.70. The van der Waals surface area contributed by atoms with E-state index >= 15 is 0 Å². The second kappa shape index (κ2) is 5.09. The summed E-state index contributed by atoms with van der Waals surface area (Å²) in [7, 11) is -0.836. The van der Waals surface area contributed by atoms with Crippen LogP contribution >= 0.6 is 0 Å². The number of hydrogen-bond donors (Lipinski definition) is 0. The smallest absolute Gasteiger partial charge is 0.211 e. The topological polar surface area (TPSA) is 36.9 Å². The van der Waals surface area contributed by atoms with Crippen molar-refractivity contribution in [3.05, 3.63) is 0 Å². The Bertz CT molecular complexity index is 42.3. The zero-order valence-corrected chi connectivity index (χ0v) is 8.00. The molecule has 0 spiro atoms. The quantitative estimate of drug-likeness (QED) is 0.337. The van der Waals surface area contributed by atoms with Crippen LogP contribution in [0.15, 0.2) is 0 Å². The summed E-state index contributed by atoms with van der Waals surface area (Å²) in [6.07, 6.45) is 0. The monoisotopic (exact) mass is 166 g/mol. The van der Waals surface area contributed by atoms with E-state index in [1.165, 1.54) is 0 Å². The highest BCUT2D eigenvalue weighted by Gasteiger charge is 1.97. The highest BCUT2D eigenvalue weighted by molar-refractivity contribution is 6.33. The van der Waals surface area contributed by atoms with Gasteiger partial charge in [0, 0.05) is 0 Å². The third kappa shape index (κ3) is 3.79. The summed E-state index contributed by atoms with van der Waals surface area (Å²) in [6, 6.07) is 2.30. The third-order valence-corrected chi connectivity index (χ3v) is 4.21. The van der Waals surface area contributed by atoms with Gasteiger partial charge in [-0.05, 0) is 12.1 Å². The van der Waals surface area contributed by atoms with Crippen LogP contribution in [-0.2, 0) is 18.9 Å². The molecule has 0 unspecified atom stereocenters. The highest BCUT2D eigenvalue weighted by atomic mass is 28.2. The van der Waals surface area contributed by atoms with Crippen LogP contribution < -0.4 is 0 Å². The standard InChI is InChI=1S/C3H10O4Si2/c1-2-9-7-5-3-4-6-8-1/h1-3,8-9H2. The first-order chi connectivity index (χ1) is 4.50. The minimum Gasteiger partial charge on any atom is -0.292 e. The molecule has 0 aromatic heterocycles. The van der Waals surface area contributed by atoms with Crippen LogP contribution in [0.2, 0.25) is 12.1 Å². The molecule has 0 aliphatic carbocycles. The Kier molecular flexibility index (Phi) is 4.17. The van der Waals surface area contributed by atoms with Crippen molar-refractivity contribution in [1.29, 1.82) is 0 Å². The molecule has 0 radical (unpaired) electrons. The Labute approximate surface area is 58.2 Å². The summed E-state index contributed by atoms with van der Waals surface area (Å²) in [4.78, 5) is 9.18. The first kappa shape index (κ1) is 7.38. The summed E-state index contributed by atoms with van der Waals surface area (Å²) in [5, 5.41) is 0. The van der Waals surface area contributed by atoms with Gasteiger partial charge >= 0.3 is 0 Å². The van der Waals surface area contributed by atoms with E-state index in [9.17, 15) is 0 Å². The molecule has 0 atom stereocenters. The van der Waals surface area contributed by atoms with Crippen LogP contribution in [0, 0.1) is 0 Å². The minimum absolute atomic E-state index is 0.125. The third-order valence-electron chi connectivity index (χ3n) is 0.968. The Morgan fingerprint density at radius 2 is 1.44 bits per heavy atom. The average molecular weight is 166 g/mol. The van der Waals surface area contributed by atoms with Gasteiger partial charge in [-0.15, -0.1) is 0 Å². The average Bonchev–Trinajstić information content (AvgIpc) is 2.00. The lowest BCUT2D eigenvalue weighted by molar-refractivity contribution is -0.350. The molecule has 0 amide bonds. The molecule has 6 heteroatoms. The molecule has 9 heavy (non-hydrogen) atoms. The van der Waals surface area contributed by atoms with E-state index in [0.717, 1.165) is 12.1 Å². The van der Waals surface area contributed by atoms with E-state index < -0.39 is 19.5 Å². The normalized spacial score (nSPS) is 29.3. The lowest BCUT2D eigenvalue weighted by atomic mass is 11.0. The van der Waals surface area contributed by atoms with Crippen LogP contribution in [0.5, 0.6) is 0 Å². The van der Waals surface area contributed by atoms with Crippen LogP contribution in [-0.4, -0.2) is 26.3 Å². The fraction of sp³-hybridized carbons (Fsp3) is 1.00. The Balaban J connectivity index is 2.02. The molecule has 1 fully saturated rings. The molecule has 0 aromatic rings.